The molecule has 2 unspecified atom stereocenters. The van der Waals surface area contributed by atoms with Crippen LogP contribution in [-0.4, -0.2) is 37.7 Å². The zero-order valence-electron chi connectivity index (χ0n) is 12.0. The number of rotatable bonds is 5. The number of hydrogen-bond donors (Lipinski definition) is 2. The largest absolute Gasteiger partial charge is 0.378 e. The molecule has 1 fully saturated rings. The number of amides is 1. The summed E-state index contributed by atoms with van der Waals surface area (Å²) >= 11 is 0. The second-order valence-corrected chi connectivity index (χ2v) is 5.30. The SMILES string of the molecule is CC(Cc1c(F)cccc1F)NC(=O)CC1COCCN1. The molecule has 1 aromatic carbocycles. The van der Waals surface area contributed by atoms with Crippen LogP contribution in [0.2, 0.25) is 0 Å². The summed E-state index contributed by atoms with van der Waals surface area (Å²) in [5.41, 5.74) is 0.00410. The number of nitrogens with one attached hydrogen (secondary N) is 2. The zero-order chi connectivity index (χ0) is 15.2. The van der Waals surface area contributed by atoms with E-state index in [-0.39, 0.29) is 30.0 Å². The third-order valence-corrected chi connectivity index (χ3v) is 3.41. The molecule has 6 heteroatoms. The Morgan fingerprint density at radius 3 is 2.81 bits per heavy atom. The molecule has 21 heavy (non-hydrogen) atoms. The lowest BCUT2D eigenvalue weighted by Gasteiger charge is -2.24. The van der Waals surface area contributed by atoms with E-state index in [0.29, 0.717) is 19.6 Å². The van der Waals surface area contributed by atoms with Gasteiger partial charge < -0.3 is 15.4 Å². The van der Waals surface area contributed by atoms with E-state index in [9.17, 15) is 13.6 Å². The molecular weight excluding hydrogens is 278 g/mol. The summed E-state index contributed by atoms with van der Waals surface area (Å²) in [7, 11) is 0. The minimum Gasteiger partial charge on any atom is -0.378 e. The second-order valence-electron chi connectivity index (χ2n) is 5.30. The number of morpholine rings is 1. The highest BCUT2D eigenvalue weighted by atomic mass is 19.1. The van der Waals surface area contributed by atoms with Crippen LogP contribution in [-0.2, 0) is 16.0 Å². The monoisotopic (exact) mass is 298 g/mol. The van der Waals surface area contributed by atoms with Gasteiger partial charge in [0.05, 0.1) is 13.2 Å². The third-order valence-electron chi connectivity index (χ3n) is 3.41. The lowest BCUT2D eigenvalue weighted by Crippen LogP contribution is -2.45. The van der Waals surface area contributed by atoms with Gasteiger partial charge in [0.2, 0.25) is 5.91 Å². The topological polar surface area (TPSA) is 50.4 Å². The Morgan fingerprint density at radius 1 is 1.48 bits per heavy atom. The molecule has 1 aliphatic heterocycles. The fourth-order valence-electron chi connectivity index (χ4n) is 2.39. The van der Waals surface area contributed by atoms with E-state index < -0.39 is 11.6 Å². The number of hydrogen-bond acceptors (Lipinski definition) is 3. The van der Waals surface area contributed by atoms with Gasteiger partial charge in [-0.25, -0.2) is 8.78 Å². The molecule has 2 atom stereocenters. The van der Waals surface area contributed by atoms with E-state index in [2.05, 4.69) is 10.6 Å². The van der Waals surface area contributed by atoms with Gasteiger partial charge in [-0.1, -0.05) is 6.07 Å². The van der Waals surface area contributed by atoms with E-state index in [1.54, 1.807) is 6.92 Å². The van der Waals surface area contributed by atoms with Crippen molar-refractivity contribution < 1.29 is 18.3 Å². The van der Waals surface area contributed by atoms with E-state index in [0.717, 1.165) is 6.54 Å². The third kappa shape index (κ3) is 4.75. The molecule has 4 nitrogen and oxygen atoms in total. The summed E-state index contributed by atoms with van der Waals surface area (Å²) < 4.78 is 32.4. The lowest BCUT2D eigenvalue weighted by atomic mass is 10.1. The van der Waals surface area contributed by atoms with Gasteiger partial charge in [-0.2, -0.15) is 0 Å². The molecule has 0 spiro atoms. The molecular formula is C15H20F2N2O2. The lowest BCUT2D eigenvalue weighted by molar-refractivity contribution is -0.122. The molecule has 2 rings (SSSR count). The van der Waals surface area contributed by atoms with Crippen LogP contribution in [0.5, 0.6) is 0 Å². The molecule has 0 radical (unpaired) electrons. The van der Waals surface area contributed by atoms with Crippen molar-refractivity contribution in [2.24, 2.45) is 0 Å². The first kappa shape index (κ1) is 15.9. The maximum atomic E-state index is 13.5. The van der Waals surface area contributed by atoms with Gasteiger partial charge in [-0.05, 0) is 25.5 Å². The number of carbonyl (C=O) groups excluding carboxylic acids is 1. The number of halogens is 2. The van der Waals surface area contributed by atoms with Crippen LogP contribution in [0.1, 0.15) is 18.9 Å². The fourth-order valence-corrected chi connectivity index (χ4v) is 2.39. The number of benzene rings is 1. The van der Waals surface area contributed by atoms with Gasteiger partial charge in [0.1, 0.15) is 11.6 Å². The van der Waals surface area contributed by atoms with Crippen molar-refractivity contribution in [1.29, 1.82) is 0 Å². The second kappa shape index (κ2) is 7.47. The molecule has 1 aliphatic rings. The van der Waals surface area contributed by atoms with E-state index in [4.69, 9.17) is 4.74 Å². The summed E-state index contributed by atoms with van der Waals surface area (Å²) in [5.74, 6) is -1.32. The van der Waals surface area contributed by atoms with Crippen LogP contribution >= 0.6 is 0 Å². The highest BCUT2D eigenvalue weighted by Gasteiger charge is 2.19. The summed E-state index contributed by atoms with van der Waals surface area (Å²) in [6.07, 6.45) is 0.420. The van der Waals surface area contributed by atoms with Crippen molar-refractivity contribution in [1.82, 2.24) is 10.6 Å². The van der Waals surface area contributed by atoms with E-state index in [1.807, 2.05) is 0 Å². The Balaban J connectivity index is 1.83. The maximum absolute atomic E-state index is 13.5. The Kier molecular flexibility index (Phi) is 5.64. The van der Waals surface area contributed by atoms with Gasteiger partial charge >= 0.3 is 0 Å². The quantitative estimate of drug-likeness (QED) is 0.864. The molecule has 0 bridgehead atoms. The molecule has 0 saturated carbocycles. The first-order chi connectivity index (χ1) is 10.1. The van der Waals surface area contributed by atoms with Crippen LogP contribution in [0.25, 0.3) is 0 Å². The fraction of sp³-hybridized carbons (Fsp3) is 0.533. The standard InChI is InChI=1S/C15H20F2N2O2/c1-10(7-12-13(16)3-2-4-14(12)17)19-15(20)8-11-9-21-6-5-18-11/h2-4,10-11,18H,5-9H2,1H3,(H,19,20). The average molecular weight is 298 g/mol. The van der Waals surface area contributed by atoms with Gasteiger partial charge in [0.25, 0.3) is 0 Å². The zero-order valence-corrected chi connectivity index (χ0v) is 12.0. The predicted molar refractivity (Wildman–Crippen MR) is 74.9 cm³/mol. The van der Waals surface area contributed by atoms with Crippen molar-refractivity contribution in [3.05, 3.63) is 35.4 Å². The average Bonchev–Trinajstić information content (AvgIpc) is 2.44. The molecule has 1 aromatic rings. The highest BCUT2D eigenvalue weighted by Crippen LogP contribution is 2.14. The van der Waals surface area contributed by atoms with Crippen LogP contribution in [0.15, 0.2) is 18.2 Å². The Hall–Kier alpha value is -1.53. The molecule has 0 aromatic heterocycles. The van der Waals surface area contributed by atoms with Crippen LogP contribution in [0.3, 0.4) is 0 Å². The summed E-state index contributed by atoms with van der Waals surface area (Å²) in [4.78, 5) is 11.9. The van der Waals surface area contributed by atoms with Crippen molar-refractivity contribution in [2.45, 2.75) is 31.8 Å². The van der Waals surface area contributed by atoms with Gasteiger partial charge in [0.15, 0.2) is 0 Å². The van der Waals surface area contributed by atoms with Crippen LogP contribution in [0, 0.1) is 11.6 Å². The first-order valence-electron chi connectivity index (χ1n) is 7.09. The summed E-state index contributed by atoms with van der Waals surface area (Å²) in [6.45, 7) is 3.62. The van der Waals surface area contributed by atoms with Crippen molar-refractivity contribution in [3.63, 3.8) is 0 Å². The molecule has 0 aliphatic carbocycles. The van der Waals surface area contributed by atoms with Crippen LogP contribution < -0.4 is 10.6 Å². The highest BCUT2D eigenvalue weighted by molar-refractivity contribution is 5.76. The Morgan fingerprint density at radius 2 is 2.19 bits per heavy atom. The first-order valence-corrected chi connectivity index (χ1v) is 7.09. The van der Waals surface area contributed by atoms with E-state index >= 15 is 0 Å². The van der Waals surface area contributed by atoms with Crippen molar-refractivity contribution >= 4 is 5.91 Å². The normalized spacial score (nSPS) is 20.0. The molecule has 1 heterocycles. The van der Waals surface area contributed by atoms with Crippen molar-refractivity contribution in [3.8, 4) is 0 Å². The van der Waals surface area contributed by atoms with Gasteiger partial charge in [-0.3, -0.25) is 4.79 Å². The van der Waals surface area contributed by atoms with Gasteiger partial charge in [0, 0.05) is 30.6 Å². The van der Waals surface area contributed by atoms with Gasteiger partial charge in [-0.15, -0.1) is 0 Å². The number of ether oxygens (including phenoxy) is 1. The van der Waals surface area contributed by atoms with E-state index in [1.165, 1.54) is 18.2 Å². The Labute approximate surface area is 122 Å². The minimum absolute atomic E-state index is 0.00357. The Bertz CT molecular complexity index is 470. The number of carbonyl (C=O) groups is 1. The summed E-state index contributed by atoms with van der Waals surface area (Å²) in [5, 5.41) is 5.95. The predicted octanol–water partition coefficient (Wildman–Crippen LogP) is 1.39. The molecule has 1 amide bonds. The molecule has 2 N–H and O–H groups in total. The maximum Gasteiger partial charge on any atom is 0.221 e. The smallest absolute Gasteiger partial charge is 0.221 e. The van der Waals surface area contributed by atoms with Crippen molar-refractivity contribution in [2.75, 3.05) is 19.8 Å². The molecule has 1 saturated heterocycles. The van der Waals surface area contributed by atoms with Crippen LogP contribution in [0.4, 0.5) is 8.78 Å². The minimum atomic E-state index is -0.585. The molecule has 116 valence electrons. The summed E-state index contributed by atoms with van der Waals surface area (Å²) in [6, 6.07) is 3.42.